The maximum Gasteiger partial charge on any atom is 0.407 e. The summed E-state index contributed by atoms with van der Waals surface area (Å²) in [7, 11) is 0. The van der Waals surface area contributed by atoms with E-state index in [-0.39, 0.29) is 0 Å². The van der Waals surface area contributed by atoms with Gasteiger partial charge in [-0.1, -0.05) is 44.2 Å². The first-order valence-electron chi connectivity index (χ1n) is 8.84. The molecule has 1 N–H and O–H groups in total. The molecule has 6 nitrogen and oxygen atoms in total. The van der Waals surface area contributed by atoms with Gasteiger partial charge in [-0.3, -0.25) is 0 Å². The van der Waals surface area contributed by atoms with Crippen LogP contribution < -0.4 is 4.84 Å². The van der Waals surface area contributed by atoms with E-state index < -0.39 is 6.09 Å². The number of carbonyl (C=O) groups is 1. The van der Waals surface area contributed by atoms with Gasteiger partial charge in [0.05, 0.1) is 11.9 Å². The third-order valence-corrected chi connectivity index (χ3v) is 4.41. The van der Waals surface area contributed by atoms with Crippen LogP contribution in [0.3, 0.4) is 0 Å². The Labute approximate surface area is 149 Å². The number of carboxylic acid groups (broad SMARTS) is 1. The molecule has 0 saturated carbocycles. The Hall–Kier alpha value is -2.50. The number of amides is 1. The van der Waals surface area contributed by atoms with Crippen molar-refractivity contribution >= 4 is 6.09 Å². The average Bonchev–Trinajstić information content (AvgIpc) is 3.03. The summed E-state index contributed by atoms with van der Waals surface area (Å²) in [5, 5.41) is 13.3. The second-order valence-corrected chi connectivity index (χ2v) is 5.86. The SMILES string of the molecule is CC.Cc1c(C2CCN(C(=O)O)CC2)cnn1OCc1ccccc1. The molecule has 0 aliphatic carbocycles. The molecule has 1 fully saturated rings. The van der Waals surface area contributed by atoms with Crippen LogP contribution >= 0.6 is 0 Å². The number of benzene rings is 1. The zero-order chi connectivity index (χ0) is 18.2. The number of likely N-dealkylation sites (tertiary alicyclic amines) is 1. The first kappa shape index (κ1) is 18.8. The van der Waals surface area contributed by atoms with E-state index in [4.69, 9.17) is 9.94 Å². The summed E-state index contributed by atoms with van der Waals surface area (Å²) in [4.78, 5) is 19.8. The number of hydrogen-bond acceptors (Lipinski definition) is 3. The molecule has 0 bridgehead atoms. The van der Waals surface area contributed by atoms with Gasteiger partial charge in [0.2, 0.25) is 0 Å². The first-order valence-corrected chi connectivity index (χ1v) is 8.84. The third-order valence-electron chi connectivity index (χ3n) is 4.41. The van der Waals surface area contributed by atoms with Gasteiger partial charge in [-0.05, 0) is 31.2 Å². The van der Waals surface area contributed by atoms with E-state index in [0.29, 0.717) is 25.6 Å². The van der Waals surface area contributed by atoms with Gasteiger partial charge in [-0.2, -0.15) is 0 Å². The van der Waals surface area contributed by atoms with E-state index in [1.165, 1.54) is 4.90 Å². The van der Waals surface area contributed by atoms with Crippen molar-refractivity contribution in [3.05, 3.63) is 53.3 Å². The zero-order valence-electron chi connectivity index (χ0n) is 15.2. The second-order valence-electron chi connectivity index (χ2n) is 5.86. The molecule has 3 rings (SSSR count). The number of hydrogen-bond donors (Lipinski definition) is 1. The van der Waals surface area contributed by atoms with Gasteiger partial charge in [0, 0.05) is 18.7 Å². The summed E-state index contributed by atoms with van der Waals surface area (Å²) in [6.45, 7) is 7.63. The Morgan fingerprint density at radius 2 is 1.88 bits per heavy atom. The molecule has 2 heterocycles. The summed E-state index contributed by atoms with van der Waals surface area (Å²) < 4.78 is 0. The summed E-state index contributed by atoms with van der Waals surface area (Å²) in [5.41, 5.74) is 3.25. The molecule has 2 aromatic rings. The molecule has 0 atom stereocenters. The molecule has 0 spiro atoms. The van der Waals surface area contributed by atoms with Crippen LogP contribution in [0, 0.1) is 6.92 Å². The molecule has 6 heteroatoms. The molecule has 1 saturated heterocycles. The largest absolute Gasteiger partial charge is 0.465 e. The van der Waals surface area contributed by atoms with Crippen molar-refractivity contribution in [2.45, 2.75) is 46.1 Å². The van der Waals surface area contributed by atoms with E-state index in [9.17, 15) is 4.79 Å². The summed E-state index contributed by atoms with van der Waals surface area (Å²) in [6.07, 6.45) is 2.68. The maximum absolute atomic E-state index is 11.0. The monoisotopic (exact) mass is 345 g/mol. The zero-order valence-corrected chi connectivity index (χ0v) is 15.2. The number of piperidine rings is 1. The minimum atomic E-state index is -0.831. The maximum atomic E-state index is 11.0. The number of rotatable bonds is 4. The van der Waals surface area contributed by atoms with Gasteiger partial charge in [0.25, 0.3) is 0 Å². The predicted octanol–water partition coefficient (Wildman–Crippen LogP) is 3.70. The molecule has 1 aliphatic rings. The van der Waals surface area contributed by atoms with Gasteiger partial charge in [-0.15, -0.1) is 9.94 Å². The first-order chi connectivity index (χ1) is 12.1. The topological polar surface area (TPSA) is 67.6 Å². The smallest absolute Gasteiger partial charge is 0.407 e. The Balaban J connectivity index is 0.00000109. The fourth-order valence-corrected chi connectivity index (χ4v) is 3.03. The van der Waals surface area contributed by atoms with E-state index >= 15 is 0 Å². The molecule has 1 aliphatic heterocycles. The Bertz CT molecular complexity index is 662. The fourth-order valence-electron chi connectivity index (χ4n) is 3.03. The van der Waals surface area contributed by atoms with Crippen molar-refractivity contribution in [1.29, 1.82) is 0 Å². The molecular formula is C19H27N3O3. The summed E-state index contributed by atoms with van der Waals surface area (Å²) >= 11 is 0. The normalized spacial score (nSPS) is 14.6. The molecular weight excluding hydrogens is 318 g/mol. The molecule has 1 aromatic heterocycles. The van der Waals surface area contributed by atoms with E-state index in [0.717, 1.165) is 29.7 Å². The van der Waals surface area contributed by atoms with Crippen molar-refractivity contribution < 1.29 is 14.7 Å². The second kappa shape index (κ2) is 9.11. The summed E-state index contributed by atoms with van der Waals surface area (Å²) in [5.74, 6) is 0.347. The van der Waals surface area contributed by atoms with Gasteiger partial charge in [0.15, 0.2) is 0 Å². The van der Waals surface area contributed by atoms with Crippen LogP contribution in [0.2, 0.25) is 0 Å². The van der Waals surface area contributed by atoms with Crippen LogP contribution in [0.25, 0.3) is 0 Å². The highest BCUT2D eigenvalue weighted by Crippen LogP contribution is 2.29. The van der Waals surface area contributed by atoms with Crippen LogP contribution in [0.5, 0.6) is 0 Å². The molecule has 25 heavy (non-hydrogen) atoms. The van der Waals surface area contributed by atoms with Gasteiger partial charge in [0.1, 0.15) is 6.61 Å². The van der Waals surface area contributed by atoms with Crippen LogP contribution in [0.1, 0.15) is 49.4 Å². The highest BCUT2D eigenvalue weighted by Gasteiger charge is 2.26. The van der Waals surface area contributed by atoms with Crippen molar-refractivity contribution in [2.75, 3.05) is 13.1 Å². The Kier molecular flexibility index (Phi) is 6.86. The fraction of sp³-hybridized carbons (Fsp3) is 0.474. The predicted molar refractivity (Wildman–Crippen MR) is 96.6 cm³/mol. The quantitative estimate of drug-likeness (QED) is 0.917. The Morgan fingerprint density at radius 1 is 1.24 bits per heavy atom. The minimum absolute atomic E-state index is 0.347. The third kappa shape index (κ3) is 4.75. The standard InChI is InChI=1S/C17H21N3O3.C2H6/c1-13-16(15-7-9-19(10-8-15)17(21)22)11-18-20(13)23-12-14-5-3-2-4-6-14;1-2/h2-6,11,15H,7-10,12H2,1H3,(H,21,22);1-2H3. The molecule has 1 aromatic carbocycles. The van der Waals surface area contributed by atoms with Crippen molar-refractivity contribution in [2.24, 2.45) is 0 Å². The van der Waals surface area contributed by atoms with Crippen LogP contribution in [-0.4, -0.2) is 39.1 Å². The molecule has 0 radical (unpaired) electrons. The van der Waals surface area contributed by atoms with Crippen molar-refractivity contribution in [1.82, 2.24) is 14.8 Å². The lowest BCUT2D eigenvalue weighted by Crippen LogP contribution is -2.36. The van der Waals surface area contributed by atoms with Gasteiger partial charge < -0.3 is 14.8 Å². The highest BCUT2D eigenvalue weighted by atomic mass is 16.7. The molecule has 136 valence electrons. The number of nitrogens with zero attached hydrogens (tertiary/aromatic N) is 3. The van der Waals surface area contributed by atoms with Crippen LogP contribution in [0.15, 0.2) is 36.5 Å². The lowest BCUT2D eigenvalue weighted by atomic mass is 9.90. The van der Waals surface area contributed by atoms with Gasteiger partial charge in [-0.25, -0.2) is 4.79 Å². The van der Waals surface area contributed by atoms with Crippen LogP contribution in [0.4, 0.5) is 4.79 Å². The van der Waals surface area contributed by atoms with E-state index in [2.05, 4.69) is 5.10 Å². The van der Waals surface area contributed by atoms with E-state index in [1.54, 1.807) is 4.85 Å². The Morgan fingerprint density at radius 3 is 2.48 bits per heavy atom. The molecule has 1 amide bonds. The minimum Gasteiger partial charge on any atom is -0.465 e. The lowest BCUT2D eigenvalue weighted by molar-refractivity contribution is 0.0653. The highest BCUT2D eigenvalue weighted by molar-refractivity contribution is 5.65. The van der Waals surface area contributed by atoms with Gasteiger partial charge >= 0.3 is 6.09 Å². The molecule has 0 unspecified atom stereocenters. The van der Waals surface area contributed by atoms with Crippen molar-refractivity contribution in [3.63, 3.8) is 0 Å². The number of aromatic nitrogens is 2. The average molecular weight is 345 g/mol. The van der Waals surface area contributed by atoms with Crippen molar-refractivity contribution in [3.8, 4) is 0 Å². The van der Waals surface area contributed by atoms with E-state index in [1.807, 2.05) is 57.3 Å². The lowest BCUT2D eigenvalue weighted by Gasteiger charge is -2.29. The summed E-state index contributed by atoms with van der Waals surface area (Å²) in [6, 6.07) is 9.97. The van der Waals surface area contributed by atoms with Crippen LogP contribution in [-0.2, 0) is 6.61 Å².